The van der Waals surface area contributed by atoms with Crippen LogP contribution in [-0.4, -0.2) is 11.1 Å². The number of rotatable bonds is 6. The predicted molar refractivity (Wildman–Crippen MR) is 70.6 cm³/mol. The van der Waals surface area contributed by atoms with E-state index >= 15 is 0 Å². The molecule has 0 aliphatic rings. The van der Waals surface area contributed by atoms with Crippen LogP contribution in [0.15, 0.2) is 24.3 Å². The van der Waals surface area contributed by atoms with E-state index in [1.807, 2.05) is 30.0 Å². The van der Waals surface area contributed by atoms with Gasteiger partial charge in [0.15, 0.2) is 0 Å². The lowest BCUT2D eigenvalue weighted by molar-refractivity contribution is 0.912. The van der Waals surface area contributed by atoms with Gasteiger partial charge in [0.1, 0.15) is 0 Å². The first-order valence-electron chi connectivity index (χ1n) is 4.71. The smallest absolute Gasteiger partial charge is 0.0446 e. The van der Waals surface area contributed by atoms with E-state index in [9.17, 15) is 0 Å². The van der Waals surface area contributed by atoms with Gasteiger partial charge in [-0.05, 0) is 30.2 Å². The van der Waals surface area contributed by atoms with Crippen LogP contribution in [0.4, 0.5) is 0 Å². The summed E-state index contributed by atoms with van der Waals surface area (Å²) in [6.07, 6.45) is 2.54. The van der Waals surface area contributed by atoms with Crippen LogP contribution in [0.5, 0.6) is 0 Å². The van der Waals surface area contributed by atoms with E-state index in [2.05, 4.69) is 22.0 Å². The van der Waals surface area contributed by atoms with Gasteiger partial charge in [-0.1, -0.05) is 45.7 Å². The Kier molecular flexibility index (Phi) is 6.74. The number of thioether (sulfide) groups is 1. The Morgan fingerprint density at radius 2 is 2.00 bits per heavy atom. The molecule has 0 radical (unpaired) electrons. The van der Waals surface area contributed by atoms with Crippen molar-refractivity contribution in [3.05, 3.63) is 34.9 Å². The molecule has 0 unspecified atom stereocenters. The van der Waals surface area contributed by atoms with E-state index in [1.54, 1.807) is 0 Å². The molecule has 78 valence electrons. The molecule has 3 heteroatoms. The second kappa shape index (κ2) is 7.61. The van der Waals surface area contributed by atoms with E-state index < -0.39 is 0 Å². The molecule has 0 aromatic heterocycles. The van der Waals surface area contributed by atoms with Crippen molar-refractivity contribution in [2.24, 2.45) is 0 Å². The van der Waals surface area contributed by atoms with Crippen LogP contribution >= 0.6 is 39.3 Å². The van der Waals surface area contributed by atoms with Crippen LogP contribution in [0.25, 0.3) is 0 Å². The summed E-state index contributed by atoms with van der Waals surface area (Å²) in [4.78, 5) is 0. The average molecular weight is 294 g/mol. The molecule has 1 aromatic rings. The zero-order chi connectivity index (χ0) is 10.2. The fourth-order valence-corrected chi connectivity index (χ4v) is 2.80. The second-order valence-electron chi connectivity index (χ2n) is 3.04. The van der Waals surface area contributed by atoms with E-state index in [4.69, 9.17) is 11.6 Å². The molecule has 0 spiro atoms. The maximum absolute atomic E-state index is 6.04. The maximum Gasteiger partial charge on any atom is 0.0446 e. The quantitative estimate of drug-likeness (QED) is 0.539. The number of benzene rings is 1. The van der Waals surface area contributed by atoms with Gasteiger partial charge in [-0.3, -0.25) is 0 Å². The third kappa shape index (κ3) is 4.72. The third-order valence-electron chi connectivity index (χ3n) is 1.89. The molecule has 1 rings (SSSR count). The number of hydrogen-bond acceptors (Lipinski definition) is 1. The summed E-state index contributed by atoms with van der Waals surface area (Å²) in [7, 11) is 0. The Morgan fingerprint density at radius 1 is 1.21 bits per heavy atom. The van der Waals surface area contributed by atoms with Gasteiger partial charge in [-0.25, -0.2) is 0 Å². The van der Waals surface area contributed by atoms with Crippen LogP contribution in [0.2, 0.25) is 5.02 Å². The zero-order valence-electron chi connectivity index (χ0n) is 8.01. The minimum atomic E-state index is 0.889. The van der Waals surface area contributed by atoms with Gasteiger partial charge >= 0.3 is 0 Å². The van der Waals surface area contributed by atoms with Gasteiger partial charge in [0.05, 0.1) is 0 Å². The van der Waals surface area contributed by atoms with E-state index in [-0.39, 0.29) is 0 Å². The number of hydrogen-bond donors (Lipinski definition) is 0. The molecule has 0 bridgehead atoms. The standard InChI is InChI=1S/C11H14BrClS/c12-7-3-4-8-14-9-10-5-1-2-6-11(10)13/h1-2,5-6H,3-4,7-9H2. The molecule has 14 heavy (non-hydrogen) atoms. The fourth-order valence-electron chi connectivity index (χ4n) is 1.10. The van der Waals surface area contributed by atoms with Crippen LogP contribution in [-0.2, 0) is 5.75 Å². The molecule has 0 aliphatic heterocycles. The van der Waals surface area contributed by atoms with Crippen molar-refractivity contribution >= 4 is 39.3 Å². The largest absolute Gasteiger partial charge is 0.157 e. The minimum absolute atomic E-state index is 0.889. The summed E-state index contributed by atoms with van der Waals surface area (Å²) >= 11 is 11.4. The Morgan fingerprint density at radius 3 is 2.71 bits per heavy atom. The van der Waals surface area contributed by atoms with Crippen molar-refractivity contribution < 1.29 is 0 Å². The Bertz CT molecular complexity index is 265. The summed E-state index contributed by atoms with van der Waals surface area (Å²) in [5, 5.41) is 2.00. The summed E-state index contributed by atoms with van der Waals surface area (Å²) < 4.78 is 0. The Labute approximate surface area is 104 Å². The van der Waals surface area contributed by atoms with Crippen molar-refractivity contribution in [1.82, 2.24) is 0 Å². The van der Waals surface area contributed by atoms with Crippen molar-refractivity contribution in [2.75, 3.05) is 11.1 Å². The van der Waals surface area contributed by atoms with Gasteiger partial charge in [-0.2, -0.15) is 11.8 Å². The highest BCUT2D eigenvalue weighted by atomic mass is 79.9. The molecule has 0 atom stereocenters. The monoisotopic (exact) mass is 292 g/mol. The fraction of sp³-hybridized carbons (Fsp3) is 0.455. The number of halogens is 2. The molecular formula is C11H14BrClS. The molecule has 0 aliphatic carbocycles. The van der Waals surface area contributed by atoms with E-state index in [0.29, 0.717) is 0 Å². The highest BCUT2D eigenvalue weighted by molar-refractivity contribution is 9.09. The van der Waals surface area contributed by atoms with Crippen LogP contribution in [0.3, 0.4) is 0 Å². The molecule has 0 N–H and O–H groups in total. The molecule has 0 saturated heterocycles. The molecule has 0 saturated carbocycles. The summed E-state index contributed by atoms with van der Waals surface area (Å²) in [5.74, 6) is 2.25. The van der Waals surface area contributed by atoms with Crippen molar-refractivity contribution in [3.63, 3.8) is 0 Å². The number of unbranched alkanes of at least 4 members (excludes halogenated alkanes) is 1. The first-order valence-corrected chi connectivity index (χ1v) is 7.37. The van der Waals surface area contributed by atoms with Gasteiger partial charge in [0.2, 0.25) is 0 Å². The lowest BCUT2D eigenvalue weighted by atomic mass is 10.2. The third-order valence-corrected chi connectivity index (χ3v) is 3.91. The first kappa shape index (κ1) is 12.4. The highest BCUT2D eigenvalue weighted by Gasteiger charge is 1.98. The van der Waals surface area contributed by atoms with Gasteiger partial charge in [0, 0.05) is 16.1 Å². The lowest BCUT2D eigenvalue weighted by Crippen LogP contribution is -1.85. The zero-order valence-corrected chi connectivity index (χ0v) is 11.2. The number of alkyl halides is 1. The van der Waals surface area contributed by atoms with Gasteiger partial charge in [0.25, 0.3) is 0 Å². The summed E-state index contributed by atoms with van der Waals surface area (Å²) in [6, 6.07) is 8.07. The maximum atomic E-state index is 6.04. The normalized spacial score (nSPS) is 10.4. The molecule has 1 aromatic carbocycles. The Balaban J connectivity index is 2.21. The first-order chi connectivity index (χ1) is 6.84. The molecule has 0 amide bonds. The van der Waals surface area contributed by atoms with Crippen molar-refractivity contribution in [3.8, 4) is 0 Å². The van der Waals surface area contributed by atoms with E-state index in [0.717, 1.165) is 16.1 Å². The van der Waals surface area contributed by atoms with Crippen molar-refractivity contribution in [2.45, 2.75) is 18.6 Å². The molecular weight excluding hydrogens is 280 g/mol. The van der Waals surface area contributed by atoms with Gasteiger partial charge < -0.3 is 0 Å². The molecule has 0 heterocycles. The average Bonchev–Trinajstić information content (AvgIpc) is 2.20. The SMILES string of the molecule is Clc1ccccc1CSCCCCBr. The second-order valence-corrected chi connectivity index (χ2v) is 5.35. The van der Waals surface area contributed by atoms with E-state index in [1.165, 1.54) is 24.2 Å². The molecule has 0 fully saturated rings. The minimum Gasteiger partial charge on any atom is -0.157 e. The molecule has 0 nitrogen and oxygen atoms in total. The lowest BCUT2D eigenvalue weighted by Gasteiger charge is -2.03. The Hall–Kier alpha value is 0.340. The van der Waals surface area contributed by atoms with Crippen LogP contribution in [0, 0.1) is 0 Å². The summed E-state index contributed by atoms with van der Waals surface area (Å²) in [5.41, 5.74) is 1.25. The predicted octanol–water partition coefficient (Wildman–Crippen LogP) is 4.75. The van der Waals surface area contributed by atoms with Gasteiger partial charge in [-0.15, -0.1) is 0 Å². The van der Waals surface area contributed by atoms with Crippen LogP contribution < -0.4 is 0 Å². The topological polar surface area (TPSA) is 0 Å². The van der Waals surface area contributed by atoms with Crippen molar-refractivity contribution in [1.29, 1.82) is 0 Å². The summed E-state index contributed by atoms with van der Waals surface area (Å²) in [6.45, 7) is 0. The van der Waals surface area contributed by atoms with Crippen LogP contribution in [0.1, 0.15) is 18.4 Å². The highest BCUT2D eigenvalue weighted by Crippen LogP contribution is 2.21.